The second-order valence-electron chi connectivity index (χ2n) is 4.84. The van der Waals surface area contributed by atoms with Gasteiger partial charge in [0.1, 0.15) is 4.60 Å². The molecule has 1 saturated carbocycles. The van der Waals surface area contributed by atoms with Gasteiger partial charge in [0.2, 0.25) is 5.88 Å². The molecule has 96 valence electrons. The van der Waals surface area contributed by atoms with E-state index in [1.807, 2.05) is 12.1 Å². The van der Waals surface area contributed by atoms with E-state index in [0.717, 1.165) is 16.9 Å². The third-order valence-electron chi connectivity index (χ3n) is 3.49. The Kier molecular flexibility index (Phi) is 3.50. The summed E-state index contributed by atoms with van der Waals surface area (Å²) in [5, 5.41) is 4.40. The molecule has 5 heteroatoms. The van der Waals surface area contributed by atoms with Crippen LogP contribution in [-0.2, 0) is 0 Å². The molecule has 0 saturated heterocycles. The molecule has 1 fully saturated rings. The van der Waals surface area contributed by atoms with E-state index in [1.54, 1.807) is 10.7 Å². The van der Waals surface area contributed by atoms with Crippen molar-refractivity contribution in [1.29, 1.82) is 0 Å². The van der Waals surface area contributed by atoms with Crippen LogP contribution in [0.15, 0.2) is 22.9 Å². The molecule has 0 radical (unpaired) electrons. The quantitative estimate of drug-likeness (QED) is 0.871. The van der Waals surface area contributed by atoms with Gasteiger partial charge in [-0.05, 0) is 40.8 Å². The van der Waals surface area contributed by atoms with E-state index in [1.165, 1.54) is 32.1 Å². The SMILES string of the molecule is Brc1cnc2ccc(OCC3CCCCC3)nn12. The molecule has 0 aliphatic heterocycles. The van der Waals surface area contributed by atoms with Crippen LogP contribution >= 0.6 is 15.9 Å². The van der Waals surface area contributed by atoms with Gasteiger partial charge in [-0.1, -0.05) is 19.3 Å². The number of hydrogen-bond acceptors (Lipinski definition) is 3. The van der Waals surface area contributed by atoms with E-state index in [0.29, 0.717) is 11.8 Å². The van der Waals surface area contributed by atoms with Crippen LogP contribution in [0.4, 0.5) is 0 Å². The molecule has 0 aromatic carbocycles. The molecular weight excluding hydrogens is 294 g/mol. The van der Waals surface area contributed by atoms with Crippen LogP contribution in [0.25, 0.3) is 5.65 Å². The van der Waals surface area contributed by atoms with Crippen molar-refractivity contribution >= 4 is 21.6 Å². The lowest BCUT2D eigenvalue weighted by atomic mass is 9.90. The minimum atomic E-state index is 0.673. The van der Waals surface area contributed by atoms with Crippen LogP contribution in [0.3, 0.4) is 0 Å². The highest BCUT2D eigenvalue weighted by Gasteiger charge is 2.14. The fourth-order valence-electron chi connectivity index (χ4n) is 2.46. The minimum absolute atomic E-state index is 0.673. The Hall–Kier alpha value is -1.10. The van der Waals surface area contributed by atoms with Crippen LogP contribution in [0.2, 0.25) is 0 Å². The van der Waals surface area contributed by atoms with Gasteiger partial charge in [0.25, 0.3) is 0 Å². The number of hydrogen-bond donors (Lipinski definition) is 0. The highest BCUT2D eigenvalue weighted by Crippen LogP contribution is 2.24. The number of rotatable bonds is 3. The van der Waals surface area contributed by atoms with Crippen LogP contribution < -0.4 is 4.74 Å². The third-order valence-corrected chi connectivity index (χ3v) is 4.03. The second-order valence-corrected chi connectivity index (χ2v) is 5.65. The van der Waals surface area contributed by atoms with E-state index in [9.17, 15) is 0 Å². The number of fused-ring (bicyclic) bond motifs is 1. The van der Waals surface area contributed by atoms with Crippen molar-refractivity contribution in [3.8, 4) is 5.88 Å². The molecule has 1 aliphatic rings. The van der Waals surface area contributed by atoms with Gasteiger partial charge in [0.15, 0.2) is 5.65 Å². The molecule has 2 aromatic heterocycles. The zero-order valence-electron chi connectivity index (χ0n) is 10.2. The number of aromatic nitrogens is 3. The second kappa shape index (κ2) is 5.26. The molecular formula is C13H16BrN3O. The van der Waals surface area contributed by atoms with E-state index < -0.39 is 0 Å². The summed E-state index contributed by atoms with van der Waals surface area (Å²) >= 11 is 3.41. The van der Waals surface area contributed by atoms with Crippen molar-refractivity contribution in [2.45, 2.75) is 32.1 Å². The predicted octanol–water partition coefficient (Wildman–Crippen LogP) is 3.45. The van der Waals surface area contributed by atoms with Crippen molar-refractivity contribution in [2.24, 2.45) is 5.92 Å². The first-order chi connectivity index (χ1) is 8.83. The summed E-state index contributed by atoms with van der Waals surface area (Å²) in [4.78, 5) is 4.21. The molecule has 3 rings (SSSR count). The Morgan fingerprint density at radius 2 is 2.11 bits per heavy atom. The monoisotopic (exact) mass is 309 g/mol. The van der Waals surface area contributed by atoms with Gasteiger partial charge in [0, 0.05) is 6.07 Å². The molecule has 0 bridgehead atoms. The molecule has 4 nitrogen and oxygen atoms in total. The van der Waals surface area contributed by atoms with E-state index >= 15 is 0 Å². The Morgan fingerprint density at radius 3 is 2.94 bits per heavy atom. The number of halogens is 1. The highest BCUT2D eigenvalue weighted by atomic mass is 79.9. The van der Waals surface area contributed by atoms with Gasteiger partial charge < -0.3 is 4.74 Å². The molecule has 1 aliphatic carbocycles. The number of nitrogens with zero attached hydrogens (tertiary/aromatic N) is 3. The average Bonchev–Trinajstić information content (AvgIpc) is 2.79. The maximum atomic E-state index is 5.80. The number of ether oxygens (including phenoxy) is 1. The lowest BCUT2D eigenvalue weighted by molar-refractivity contribution is 0.201. The Labute approximate surface area is 114 Å². The average molecular weight is 310 g/mol. The molecule has 0 spiro atoms. The first-order valence-electron chi connectivity index (χ1n) is 6.46. The number of imidazole rings is 1. The lowest BCUT2D eigenvalue weighted by Gasteiger charge is -2.21. The van der Waals surface area contributed by atoms with Gasteiger partial charge in [-0.15, -0.1) is 5.10 Å². The van der Waals surface area contributed by atoms with Crippen molar-refractivity contribution in [1.82, 2.24) is 14.6 Å². The van der Waals surface area contributed by atoms with Crippen molar-refractivity contribution in [3.05, 3.63) is 22.9 Å². The first-order valence-corrected chi connectivity index (χ1v) is 7.25. The largest absolute Gasteiger partial charge is 0.476 e. The van der Waals surface area contributed by atoms with Crippen molar-refractivity contribution in [2.75, 3.05) is 6.61 Å². The summed E-state index contributed by atoms with van der Waals surface area (Å²) in [6.45, 7) is 0.783. The normalized spacial score (nSPS) is 17.2. The standard InChI is InChI=1S/C13H16BrN3O/c14-11-8-15-12-6-7-13(16-17(11)12)18-9-10-4-2-1-3-5-10/h6-8,10H,1-5,9H2. The summed E-state index contributed by atoms with van der Waals surface area (Å²) in [6, 6.07) is 3.81. The molecule has 2 aromatic rings. The topological polar surface area (TPSA) is 39.4 Å². The lowest BCUT2D eigenvalue weighted by Crippen LogP contribution is -2.16. The van der Waals surface area contributed by atoms with Gasteiger partial charge in [-0.3, -0.25) is 0 Å². The third kappa shape index (κ3) is 2.51. The van der Waals surface area contributed by atoms with E-state index in [-0.39, 0.29) is 0 Å². The van der Waals surface area contributed by atoms with E-state index in [4.69, 9.17) is 4.74 Å². The highest BCUT2D eigenvalue weighted by molar-refractivity contribution is 9.10. The van der Waals surface area contributed by atoms with Crippen molar-refractivity contribution < 1.29 is 4.74 Å². The van der Waals surface area contributed by atoms with Crippen LogP contribution in [0, 0.1) is 5.92 Å². The van der Waals surface area contributed by atoms with Gasteiger partial charge in [0.05, 0.1) is 12.8 Å². The molecule has 0 unspecified atom stereocenters. The van der Waals surface area contributed by atoms with Crippen LogP contribution in [0.1, 0.15) is 32.1 Å². The molecule has 0 atom stereocenters. The minimum Gasteiger partial charge on any atom is -0.476 e. The van der Waals surface area contributed by atoms with Crippen molar-refractivity contribution in [3.63, 3.8) is 0 Å². The van der Waals surface area contributed by atoms with Gasteiger partial charge >= 0.3 is 0 Å². The molecule has 18 heavy (non-hydrogen) atoms. The first kappa shape index (κ1) is 12.0. The van der Waals surface area contributed by atoms with Gasteiger partial charge in [-0.25, -0.2) is 9.50 Å². The Bertz CT molecular complexity index is 534. The smallest absolute Gasteiger partial charge is 0.231 e. The predicted molar refractivity (Wildman–Crippen MR) is 72.8 cm³/mol. The summed E-state index contributed by atoms with van der Waals surface area (Å²) in [6.07, 6.45) is 8.38. The molecule has 0 N–H and O–H groups in total. The summed E-state index contributed by atoms with van der Waals surface area (Å²) in [5.41, 5.74) is 0.826. The fourth-order valence-corrected chi connectivity index (χ4v) is 2.83. The van der Waals surface area contributed by atoms with Crippen LogP contribution in [0.5, 0.6) is 5.88 Å². The van der Waals surface area contributed by atoms with E-state index in [2.05, 4.69) is 26.0 Å². The maximum absolute atomic E-state index is 5.80. The summed E-state index contributed by atoms with van der Waals surface area (Å²) in [5.74, 6) is 1.37. The van der Waals surface area contributed by atoms with Gasteiger partial charge in [-0.2, -0.15) is 0 Å². The van der Waals surface area contributed by atoms with Crippen LogP contribution in [-0.4, -0.2) is 21.2 Å². The summed E-state index contributed by atoms with van der Waals surface area (Å²) < 4.78 is 8.39. The molecule has 0 amide bonds. The Morgan fingerprint density at radius 1 is 1.28 bits per heavy atom. The zero-order chi connectivity index (χ0) is 12.4. The fraction of sp³-hybridized carbons (Fsp3) is 0.538. The molecule has 2 heterocycles. The zero-order valence-corrected chi connectivity index (χ0v) is 11.8. The maximum Gasteiger partial charge on any atom is 0.231 e. The Balaban J connectivity index is 1.68. The summed E-state index contributed by atoms with van der Waals surface area (Å²) in [7, 11) is 0.